The molecule has 1 aliphatic rings. The first-order valence-corrected chi connectivity index (χ1v) is 18.1. The predicted molar refractivity (Wildman–Crippen MR) is 200 cm³/mol. The van der Waals surface area contributed by atoms with Crippen molar-refractivity contribution < 1.29 is 14.3 Å². The van der Waals surface area contributed by atoms with Crippen LogP contribution in [0.5, 0.6) is 5.75 Å². The Labute approximate surface area is 311 Å². The zero-order valence-corrected chi connectivity index (χ0v) is 31.3. The fourth-order valence-electron chi connectivity index (χ4n) is 5.17. The molecule has 1 aromatic heterocycles. The zero-order valence-electron chi connectivity index (χ0n) is 24.5. The van der Waals surface area contributed by atoms with Crippen LogP contribution < -0.4 is 19.6 Å². The lowest BCUT2D eigenvalue weighted by Gasteiger charge is -2.26. The molecule has 6 nitrogen and oxygen atoms in total. The summed E-state index contributed by atoms with van der Waals surface area (Å²) in [6, 6.07) is 24.7. The second-order valence-corrected chi connectivity index (χ2v) is 14.7. The Morgan fingerprint density at radius 3 is 2.45 bits per heavy atom. The first-order valence-electron chi connectivity index (χ1n) is 14.2. The van der Waals surface area contributed by atoms with E-state index in [9.17, 15) is 9.59 Å². The van der Waals surface area contributed by atoms with Crippen molar-refractivity contribution in [2.75, 3.05) is 6.61 Å². The molecule has 0 radical (unpaired) electrons. The van der Waals surface area contributed by atoms with Gasteiger partial charge in [0, 0.05) is 36.2 Å². The highest BCUT2D eigenvalue weighted by molar-refractivity contribution is 14.1. The summed E-state index contributed by atoms with van der Waals surface area (Å²) >= 11 is 25.8. The van der Waals surface area contributed by atoms with Gasteiger partial charge in [-0.05, 0) is 77.6 Å². The number of nitrogens with zero attached hydrogens (tertiary/aromatic N) is 2. The molecule has 0 aliphatic carbocycles. The van der Waals surface area contributed by atoms with Gasteiger partial charge in [-0.3, -0.25) is 9.36 Å². The Morgan fingerprint density at radius 1 is 1.02 bits per heavy atom. The fraction of sp³-hybridized carbons (Fsp3) is 0.114. The van der Waals surface area contributed by atoms with E-state index >= 15 is 0 Å². The van der Waals surface area contributed by atoms with Gasteiger partial charge in [0.2, 0.25) is 0 Å². The average Bonchev–Trinajstić information content (AvgIpc) is 3.35. The summed E-state index contributed by atoms with van der Waals surface area (Å²) in [5.41, 5.74) is 3.25. The van der Waals surface area contributed by atoms with E-state index in [0.717, 1.165) is 19.2 Å². The summed E-state index contributed by atoms with van der Waals surface area (Å²) in [5, 5.41) is 1.56. The van der Waals surface area contributed by atoms with Gasteiger partial charge < -0.3 is 9.47 Å². The van der Waals surface area contributed by atoms with Crippen molar-refractivity contribution in [2.45, 2.75) is 19.6 Å². The van der Waals surface area contributed by atoms with E-state index in [1.165, 1.54) is 11.3 Å². The van der Waals surface area contributed by atoms with E-state index in [4.69, 9.17) is 49.3 Å². The van der Waals surface area contributed by atoms with Crippen molar-refractivity contribution in [1.82, 2.24) is 4.57 Å². The number of hydrogen-bond acceptors (Lipinski definition) is 6. The first-order chi connectivity index (χ1) is 22.6. The molecule has 0 bridgehead atoms. The first kappa shape index (κ1) is 34.0. The Hall–Kier alpha value is -2.93. The van der Waals surface area contributed by atoms with Gasteiger partial charge in [0.1, 0.15) is 12.4 Å². The minimum atomic E-state index is -0.815. The summed E-state index contributed by atoms with van der Waals surface area (Å²) in [7, 11) is 0. The highest BCUT2D eigenvalue weighted by atomic mass is 127. The largest absolute Gasteiger partial charge is 0.487 e. The van der Waals surface area contributed by atoms with Gasteiger partial charge in [0.15, 0.2) is 4.80 Å². The van der Waals surface area contributed by atoms with E-state index in [1.54, 1.807) is 41.8 Å². The maximum absolute atomic E-state index is 14.4. The van der Waals surface area contributed by atoms with Crippen LogP contribution in [0.2, 0.25) is 15.1 Å². The molecule has 0 saturated carbocycles. The van der Waals surface area contributed by atoms with Crippen LogP contribution in [-0.2, 0) is 16.1 Å². The normalized spacial score (nSPS) is 14.5. The van der Waals surface area contributed by atoms with Crippen LogP contribution in [0.1, 0.15) is 35.2 Å². The number of aromatic nitrogens is 1. The lowest BCUT2D eigenvalue weighted by atomic mass is 9.93. The van der Waals surface area contributed by atoms with Crippen molar-refractivity contribution in [3.63, 3.8) is 0 Å². The average molecular weight is 881 g/mol. The van der Waals surface area contributed by atoms with E-state index < -0.39 is 12.0 Å². The number of rotatable bonds is 8. The number of halogens is 5. The number of carbonyl (C=O) groups excluding carboxylic acids is 1. The van der Waals surface area contributed by atoms with E-state index in [1.807, 2.05) is 60.7 Å². The van der Waals surface area contributed by atoms with Crippen LogP contribution in [0.4, 0.5) is 0 Å². The molecule has 0 fully saturated rings. The summed E-state index contributed by atoms with van der Waals surface area (Å²) in [6.45, 7) is 2.09. The Kier molecular flexibility index (Phi) is 10.6. The van der Waals surface area contributed by atoms with Crippen molar-refractivity contribution in [1.29, 1.82) is 0 Å². The number of benzene rings is 4. The summed E-state index contributed by atoms with van der Waals surface area (Å²) < 4.78 is 15.4. The summed E-state index contributed by atoms with van der Waals surface area (Å²) in [4.78, 5) is 33.4. The van der Waals surface area contributed by atoms with E-state index in [0.29, 0.717) is 47.0 Å². The lowest BCUT2D eigenvalue weighted by molar-refractivity contribution is -0.138. The van der Waals surface area contributed by atoms with Gasteiger partial charge in [0.25, 0.3) is 5.56 Å². The van der Waals surface area contributed by atoms with Crippen molar-refractivity contribution in [3.05, 3.63) is 156 Å². The third kappa shape index (κ3) is 7.25. The molecule has 5 aromatic rings. The van der Waals surface area contributed by atoms with Gasteiger partial charge in [-0.25, -0.2) is 9.79 Å². The van der Waals surface area contributed by atoms with Crippen molar-refractivity contribution >= 4 is 102 Å². The van der Waals surface area contributed by atoms with Gasteiger partial charge in [-0.15, -0.1) is 0 Å². The zero-order chi connectivity index (χ0) is 33.2. The molecule has 1 atom stereocenters. The molecule has 47 heavy (non-hydrogen) atoms. The number of ether oxygens (including phenoxy) is 2. The second-order valence-electron chi connectivity index (χ2n) is 10.3. The standard InChI is InChI=1S/C35H23BrCl3IN2O4S/c1-2-45-34(44)29-30(19-6-4-3-5-7-19)41-35-42(31(29)20-8-11-24(37)12-9-20)33(43)28(47-35)15-22-14-23(36)16-27(40)32(22)46-18-21-10-13-25(38)17-26(21)39/h3-17,31H,2,18H2,1H3/b28-15-/t31-/m0/s1. The maximum atomic E-state index is 14.4. The quantitative estimate of drug-likeness (QED) is 0.116. The topological polar surface area (TPSA) is 69.9 Å². The number of fused-ring (bicyclic) bond motifs is 1. The number of thiazole rings is 1. The minimum Gasteiger partial charge on any atom is -0.487 e. The van der Waals surface area contributed by atoms with Crippen LogP contribution in [0, 0.1) is 3.57 Å². The molecule has 0 N–H and O–H groups in total. The molecule has 1 aliphatic heterocycles. The fourth-order valence-corrected chi connectivity index (χ4v) is 8.46. The van der Waals surface area contributed by atoms with Gasteiger partial charge in [-0.2, -0.15) is 0 Å². The molecular formula is C35H23BrCl3IN2O4S. The molecule has 0 spiro atoms. The molecule has 6 rings (SSSR count). The third-order valence-corrected chi connectivity index (χ3v) is 10.4. The maximum Gasteiger partial charge on any atom is 0.338 e. The highest BCUT2D eigenvalue weighted by Gasteiger charge is 2.35. The van der Waals surface area contributed by atoms with Crippen LogP contribution >= 0.6 is 84.7 Å². The molecule has 2 heterocycles. The minimum absolute atomic E-state index is 0.160. The van der Waals surface area contributed by atoms with E-state index in [2.05, 4.69) is 38.5 Å². The van der Waals surface area contributed by atoms with Crippen LogP contribution in [0.25, 0.3) is 11.8 Å². The predicted octanol–water partition coefficient (Wildman–Crippen LogP) is 8.84. The van der Waals surface area contributed by atoms with Crippen LogP contribution in [0.3, 0.4) is 0 Å². The van der Waals surface area contributed by atoms with Crippen molar-refractivity contribution in [2.24, 2.45) is 4.99 Å². The van der Waals surface area contributed by atoms with Crippen LogP contribution in [0.15, 0.2) is 105 Å². The van der Waals surface area contributed by atoms with Gasteiger partial charge in [-0.1, -0.05) is 111 Å². The highest BCUT2D eigenvalue weighted by Crippen LogP contribution is 2.36. The van der Waals surface area contributed by atoms with Crippen LogP contribution in [-0.4, -0.2) is 17.1 Å². The monoisotopic (exact) mass is 878 g/mol. The van der Waals surface area contributed by atoms with E-state index in [-0.39, 0.29) is 24.3 Å². The Morgan fingerprint density at radius 2 is 1.74 bits per heavy atom. The Bertz CT molecular complexity index is 2220. The SMILES string of the molecule is CCOC(=O)C1=C(c2ccccc2)N=c2s/c(=C\c3cc(Br)cc(I)c3OCc3ccc(Cl)cc3Cl)c(=O)n2[C@H]1c1ccc(Cl)cc1. The lowest BCUT2D eigenvalue weighted by Crippen LogP contribution is -2.40. The number of hydrogen-bond donors (Lipinski definition) is 0. The second kappa shape index (κ2) is 14.7. The third-order valence-electron chi connectivity index (χ3n) is 7.27. The van der Waals surface area contributed by atoms with Crippen molar-refractivity contribution in [3.8, 4) is 5.75 Å². The molecule has 0 unspecified atom stereocenters. The molecule has 0 amide bonds. The Balaban J connectivity index is 1.55. The molecular weight excluding hydrogens is 858 g/mol. The molecule has 238 valence electrons. The van der Waals surface area contributed by atoms with Gasteiger partial charge in [0.05, 0.1) is 32.0 Å². The molecule has 12 heteroatoms. The molecule has 0 saturated heterocycles. The summed E-state index contributed by atoms with van der Waals surface area (Å²) in [6.07, 6.45) is 1.78. The summed E-state index contributed by atoms with van der Waals surface area (Å²) in [5.74, 6) is 0.0273. The van der Waals surface area contributed by atoms with Gasteiger partial charge >= 0.3 is 5.97 Å². The number of carbonyl (C=O) groups is 1. The number of esters is 1. The molecule has 4 aromatic carbocycles. The smallest absolute Gasteiger partial charge is 0.338 e.